The van der Waals surface area contributed by atoms with Crippen LogP contribution in [-0.2, 0) is 11.3 Å². The van der Waals surface area contributed by atoms with Gasteiger partial charge in [0.05, 0.1) is 0 Å². The van der Waals surface area contributed by atoms with E-state index in [0.29, 0.717) is 6.04 Å². The van der Waals surface area contributed by atoms with Gasteiger partial charge in [0.2, 0.25) is 5.91 Å². The maximum atomic E-state index is 11.3. The van der Waals surface area contributed by atoms with Crippen molar-refractivity contribution in [1.82, 2.24) is 20.4 Å². The van der Waals surface area contributed by atoms with E-state index in [1.165, 1.54) is 0 Å². The van der Waals surface area contributed by atoms with Crippen LogP contribution in [0.2, 0.25) is 0 Å². The second kappa shape index (κ2) is 8.69. The number of rotatable bonds is 9. The molecule has 108 valence electrons. The molecule has 0 aliphatic carbocycles. The van der Waals surface area contributed by atoms with E-state index in [2.05, 4.69) is 22.7 Å². The molecule has 0 saturated heterocycles. The Bertz CT molecular complexity index is 348. The van der Waals surface area contributed by atoms with Gasteiger partial charge in [-0.15, -0.1) is 0 Å². The van der Waals surface area contributed by atoms with E-state index >= 15 is 0 Å². The summed E-state index contributed by atoms with van der Waals surface area (Å²) >= 11 is 0. The maximum Gasteiger partial charge on any atom is 0.222 e. The minimum absolute atomic E-state index is 0.0703. The molecule has 1 aromatic heterocycles. The molecule has 19 heavy (non-hydrogen) atoms. The van der Waals surface area contributed by atoms with Crippen LogP contribution in [0.5, 0.6) is 0 Å². The van der Waals surface area contributed by atoms with Crippen molar-refractivity contribution < 1.29 is 4.79 Å². The molecular formula is C14H26N4O. The number of hydrogen-bond acceptors (Lipinski definition) is 3. The molecular weight excluding hydrogens is 240 g/mol. The Labute approximate surface area is 115 Å². The standard InChI is InChI=1S/C14H26N4O/c1-12(2)14(19)16-8-4-7-15-13(3)6-11-18-10-5-9-17-18/h5,9-10,12-13,15H,4,6-8,11H2,1-3H3,(H,16,19)/t13-/m0/s1. The molecule has 5 nitrogen and oxygen atoms in total. The molecule has 1 rings (SSSR count). The Hall–Kier alpha value is -1.36. The SMILES string of the molecule is CC(C)C(=O)NCCCN[C@@H](C)CCn1cccn1. The molecule has 0 aliphatic heterocycles. The van der Waals surface area contributed by atoms with Crippen LogP contribution in [0, 0.1) is 5.92 Å². The van der Waals surface area contributed by atoms with Gasteiger partial charge in [-0.1, -0.05) is 13.8 Å². The summed E-state index contributed by atoms with van der Waals surface area (Å²) in [6.45, 7) is 8.60. The van der Waals surface area contributed by atoms with Crippen molar-refractivity contribution in [2.45, 2.75) is 46.2 Å². The molecule has 1 amide bonds. The maximum absolute atomic E-state index is 11.3. The lowest BCUT2D eigenvalue weighted by Crippen LogP contribution is -2.33. The van der Waals surface area contributed by atoms with Gasteiger partial charge >= 0.3 is 0 Å². The summed E-state index contributed by atoms with van der Waals surface area (Å²) in [5.41, 5.74) is 0. The molecule has 0 radical (unpaired) electrons. The van der Waals surface area contributed by atoms with E-state index in [9.17, 15) is 4.79 Å². The first-order valence-electron chi connectivity index (χ1n) is 7.08. The first-order chi connectivity index (χ1) is 9.09. The highest BCUT2D eigenvalue weighted by molar-refractivity contribution is 5.77. The second-order valence-electron chi connectivity index (χ2n) is 5.21. The van der Waals surface area contributed by atoms with E-state index in [1.807, 2.05) is 30.8 Å². The van der Waals surface area contributed by atoms with Crippen LogP contribution in [0.1, 0.15) is 33.6 Å². The Morgan fingerprint density at radius 2 is 2.11 bits per heavy atom. The fraction of sp³-hybridized carbons (Fsp3) is 0.714. The Morgan fingerprint density at radius 1 is 1.32 bits per heavy atom. The van der Waals surface area contributed by atoms with Gasteiger partial charge in [-0.25, -0.2) is 0 Å². The van der Waals surface area contributed by atoms with Crippen molar-refractivity contribution >= 4 is 5.91 Å². The van der Waals surface area contributed by atoms with Crippen molar-refractivity contribution in [2.24, 2.45) is 5.92 Å². The van der Waals surface area contributed by atoms with Crippen LogP contribution in [0.15, 0.2) is 18.5 Å². The minimum atomic E-state index is 0.0703. The molecule has 1 atom stereocenters. The molecule has 5 heteroatoms. The van der Waals surface area contributed by atoms with E-state index in [-0.39, 0.29) is 11.8 Å². The first-order valence-corrected chi connectivity index (χ1v) is 7.08. The predicted molar refractivity (Wildman–Crippen MR) is 76.8 cm³/mol. The van der Waals surface area contributed by atoms with Gasteiger partial charge in [0.25, 0.3) is 0 Å². The molecule has 0 bridgehead atoms. The van der Waals surface area contributed by atoms with Crippen LogP contribution < -0.4 is 10.6 Å². The van der Waals surface area contributed by atoms with Crippen LogP contribution in [-0.4, -0.2) is 34.8 Å². The third kappa shape index (κ3) is 6.96. The summed E-state index contributed by atoms with van der Waals surface area (Å²) in [5, 5.41) is 10.5. The topological polar surface area (TPSA) is 59.0 Å². The van der Waals surface area contributed by atoms with Crippen molar-refractivity contribution in [3.05, 3.63) is 18.5 Å². The molecule has 1 aromatic rings. The third-order valence-corrected chi connectivity index (χ3v) is 3.02. The lowest BCUT2D eigenvalue weighted by atomic mass is 10.2. The lowest BCUT2D eigenvalue weighted by Gasteiger charge is -2.14. The second-order valence-corrected chi connectivity index (χ2v) is 5.21. The van der Waals surface area contributed by atoms with E-state index in [0.717, 1.165) is 32.5 Å². The first kappa shape index (κ1) is 15.7. The van der Waals surface area contributed by atoms with Crippen LogP contribution in [0.3, 0.4) is 0 Å². The summed E-state index contributed by atoms with van der Waals surface area (Å²) in [7, 11) is 0. The Kier molecular flexibility index (Phi) is 7.18. The summed E-state index contributed by atoms with van der Waals surface area (Å²) in [6, 6.07) is 2.40. The average molecular weight is 266 g/mol. The quantitative estimate of drug-likeness (QED) is 0.665. The normalized spacial score (nSPS) is 12.6. The lowest BCUT2D eigenvalue weighted by molar-refractivity contribution is -0.123. The summed E-state index contributed by atoms with van der Waals surface area (Å²) in [5.74, 6) is 0.202. The van der Waals surface area contributed by atoms with E-state index < -0.39 is 0 Å². The number of nitrogens with one attached hydrogen (secondary N) is 2. The van der Waals surface area contributed by atoms with Gasteiger partial charge in [-0.05, 0) is 32.4 Å². The summed E-state index contributed by atoms with van der Waals surface area (Å²) < 4.78 is 1.95. The highest BCUT2D eigenvalue weighted by Gasteiger charge is 2.05. The summed E-state index contributed by atoms with van der Waals surface area (Å²) in [4.78, 5) is 11.3. The van der Waals surface area contributed by atoms with Crippen molar-refractivity contribution in [2.75, 3.05) is 13.1 Å². The van der Waals surface area contributed by atoms with Crippen LogP contribution >= 0.6 is 0 Å². The number of amides is 1. The van der Waals surface area contributed by atoms with Gasteiger partial charge in [0.1, 0.15) is 0 Å². The van der Waals surface area contributed by atoms with Gasteiger partial charge in [-0.2, -0.15) is 5.10 Å². The number of aromatic nitrogens is 2. The van der Waals surface area contributed by atoms with E-state index in [4.69, 9.17) is 0 Å². The van der Waals surface area contributed by atoms with E-state index in [1.54, 1.807) is 6.20 Å². The zero-order valence-corrected chi connectivity index (χ0v) is 12.2. The fourth-order valence-corrected chi connectivity index (χ4v) is 1.71. The molecule has 0 unspecified atom stereocenters. The van der Waals surface area contributed by atoms with Gasteiger partial charge in [0, 0.05) is 37.4 Å². The molecule has 2 N–H and O–H groups in total. The van der Waals surface area contributed by atoms with Gasteiger partial charge < -0.3 is 10.6 Å². The number of aryl methyl sites for hydroxylation is 1. The molecule has 0 aliphatic rings. The largest absolute Gasteiger partial charge is 0.356 e. The summed E-state index contributed by atoms with van der Waals surface area (Å²) in [6.07, 6.45) is 5.80. The monoisotopic (exact) mass is 266 g/mol. The zero-order chi connectivity index (χ0) is 14.1. The van der Waals surface area contributed by atoms with Crippen LogP contribution in [0.4, 0.5) is 0 Å². The van der Waals surface area contributed by atoms with Crippen LogP contribution in [0.25, 0.3) is 0 Å². The molecule has 1 heterocycles. The number of carbonyl (C=O) groups is 1. The van der Waals surface area contributed by atoms with Gasteiger partial charge in [-0.3, -0.25) is 9.48 Å². The van der Waals surface area contributed by atoms with Crippen molar-refractivity contribution in [3.63, 3.8) is 0 Å². The molecule has 0 spiro atoms. The van der Waals surface area contributed by atoms with Crippen molar-refractivity contribution in [1.29, 1.82) is 0 Å². The fourth-order valence-electron chi connectivity index (χ4n) is 1.71. The predicted octanol–water partition coefficient (Wildman–Crippen LogP) is 1.41. The molecule has 0 saturated carbocycles. The zero-order valence-electron chi connectivity index (χ0n) is 12.2. The minimum Gasteiger partial charge on any atom is -0.356 e. The average Bonchev–Trinajstić information content (AvgIpc) is 2.88. The van der Waals surface area contributed by atoms with Crippen molar-refractivity contribution in [3.8, 4) is 0 Å². The molecule has 0 aromatic carbocycles. The smallest absolute Gasteiger partial charge is 0.222 e. The highest BCUT2D eigenvalue weighted by atomic mass is 16.1. The number of hydrogen-bond donors (Lipinski definition) is 2. The number of nitrogens with zero attached hydrogens (tertiary/aromatic N) is 2. The Morgan fingerprint density at radius 3 is 2.74 bits per heavy atom. The third-order valence-electron chi connectivity index (χ3n) is 3.02. The number of carbonyl (C=O) groups excluding carboxylic acids is 1. The van der Waals surface area contributed by atoms with Gasteiger partial charge in [0.15, 0.2) is 0 Å². The Balaban J connectivity index is 1.98. The molecule has 0 fully saturated rings. The highest BCUT2D eigenvalue weighted by Crippen LogP contribution is 1.95.